The lowest BCUT2D eigenvalue weighted by molar-refractivity contribution is 0.1000. The zero-order chi connectivity index (χ0) is 16.5. The van der Waals surface area contributed by atoms with E-state index >= 15 is 0 Å². The van der Waals surface area contributed by atoms with Crippen LogP contribution in [-0.2, 0) is 10.0 Å². The number of nitrogens with two attached hydrogens (primary N) is 1. The van der Waals surface area contributed by atoms with Crippen LogP contribution >= 0.6 is 0 Å². The lowest BCUT2D eigenvalue weighted by atomic mass is 10.1. The first-order chi connectivity index (χ1) is 10.2. The Hall–Kier alpha value is -2.34. The van der Waals surface area contributed by atoms with Crippen LogP contribution in [0.4, 0.5) is 5.69 Å². The molecule has 0 saturated heterocycles. The number of carbonyl (C=O) groups is 1. The molecular formula is C16H18N2O3S. The summed E-state index contributed by atoms with van der Waals surface area (Å²) in [5.74, 6) is -0.664. The number of primary amides is 1. The monoisotopic (exact) mass is 318 g/mol. The summed E-state index contributed by atoms with van der Waals surface area (Å²) in [6, 6.07) is 9.81. The van der Waals surface area contributed by atoms with Gasteiger partial charge in [0, 0.05) is 5.56 Å². The maximum absolute atomic E-state index is 12.6. The van der Waals surface area contributed by atoms with E-state index < -0.39 is 15.9 Å². The van der Waals surface area contributed by atoms with Gasteiger partial charge < -0.3 is 5.73 Å². The van der Waals surface area contributed by atoms with E-state index in [-0.39, 0.29) is 10.5 Å². The second-order valence-electron chi connectivity index (χ2n) is 5.27. The number of rotatable bonds is 4. The van der Waals surface area contributed by atoms with Crippen LogP contribution in [0.25, 0.3) is 0 Å². The van der Waals surface area contributed by atoms with Gasteiger partial charge in [0.1, 0.15) is 0 Å². The van der Waals surface area contributed by atoms with E-state index in [1.807, 2.05) is 26.0 Å². The summed E-state index contributed by atoms with van der Waals surface area (Å²) in [6.45, 7) is 5.44. The molecule has 2 rings (SSSR count). The first kappa shape index (κ1) is 16.0. The van der Waals surface area contributed by atoms with Gasteiger partial charge in [-0.2, -0.15) is 0 Å². The van der Waals surface area contributed by atoms with E-state index in [2.05, 4.69) is 4.72 Å². The van der Waals surface area contributed by atoms with E-state index in [9.17, 15) is 13.2 Å². The van der Waals surface area contributed by atoms with Gasteiger partial charge in [-0.25, -0.2) is 8.42 Å². The smallest absolute Gasteiger partial charge is 0.262 e. The molecule has 0 radical (unpaired) electrons. The number of nitrogens with one attached hydrogen (secondary N) is 1. The predicted molar refractivity (Wildman–Crippen MR) is 86.4 cm³/mol. The van der Waals surface area contributed by atoms with Crippen molar-refractivity contribution in [3.8, 4) is 0 Å². The molecule has 3 N–H and O–H groups in total. The summed E-state index contributed by atoms with van der Waals surface area (Å²) in [6.07, 6.45) is 0. The number of anilines is 1. The number of carbonyl (C=O) groups excluding carboxylic acids is 1. The molecule has 0 aliphatic heterocycles. The Morgan fingerprint density at radius 3 is 2.27 bits per heavy atom. The van der Waals surface area contributed by atoms with Gasteiger partial charge in [0.15, 0.2) is 0 Å². The average Bonchev–Trinajstić information content (AvgIpc) is 2.42. The maximum Gasteiger partial charge on any atom is 0.262 e. The van der Waals surface area contributed by atoms with Crippen molar-refractivity contribution in [2.75, 3.05) is 4.72 Å². The van der Waals surface area contributed by atoms with Crippen molar-refractivity contribution in [2.24, 2.45) is 5.73 Å². The minimum atomic E-state index is -3.79. The molecular weight excluding hydrogens is 300 g/mol. The molecule has 0 heterocycles. The molecule has 0 aromatic heterocycles. The van der Waals surface area contributed by atoms with Gasteiger partial charge in [-0.05, 0) is 50.1 Å². The van der Waals surface area contributed by atoms with E-state index in [0.717, 1.165) is 11.1 Å². The Labute approximate surface area is 130 Å². The van der Waals surface area contributed by atoms with E-state index in [1.54, 1.807) is 19.1 Å². The first-order valence-electron chi connectivity index (χ1n) is 6.71. The topological polar surface area (TPSA) is 89.3 Å². The van der Waals surface area contributed by atoms with Gasteiger partial charge in [-0.1, -0.05) is 23.8 Å². The number of hydrogen-bond donors (Lipinski definition) is 2. The number of hydrogen-bond acceptors (Lipinski definition) is 3. The highest BCUT2D eigenvalue weighted by molar-refractivity contribution is 7.92. The quantitative estimate of drug-likeness (QED) is 0.907. The van der Waals surface area contributed by atoms with Crippen LogP contribution in [0.3, 0.4) is 0 Å². The minimum absolute atomic E-state index is 0.0452. The molecule has 0 saturated carbocycles. The number of sulfonamides is 1. The highest BCUT2D eigenvalue weighted by Crippen LogP contribution is 2.23. The van der Waals surface area contributed by atoms with E-state index in [1.165, 1.54) is 12.1 Å². The molecule has 5 nitrogen and oxygen atoms in total. The Bertz CT molecular complexity index is 842. The molecule has 0 atom stereocenters. The Morgan fingerprint density at radius 1 is 1.00 bits per heavy atom. The standard InChI is InChI=1S/C16H18N2O3S/c1-10-4-7-14(12(3)8-10)18-22(20,21)15-9-13(16(17)19)6-5-11(15)2/h4-9,18H,1-3H3,(H2,17,19). The highest BCUT2D eigenvalue weighted by Gasteiger charge is 2.19. The largest absolute Gasteiger partial charge is 0.366 e. The van der Waals surface area contributed by atoms with Crippen LogP contribution in [0.2, 0.25) is 0 Å². The zero-order valence-corrected chi connectivity index (χ0v) is 13.5. The van der Waals surface area contributed by atoms with Crippen LogP contribution in [-0.4, -0.2) is 14.3 Å². The third-order valence-corrected chi connectivity index (χ3v) is 4.90. The first-order valence-corrected chi connectivity index (χ1v) is 8.19. The minimum Gasteiger partial charge on any atom is -0.366 e. The van der Waals surface area contributed by atoms with Crippen molar-refractivity contribution in [2.45, 2.75) is 25.7 Å². The van der Waals surface area contributed by atoms with Crippen LogP contribution in [0.1, 0.15) is 27.0 Å². The normalized spacial score (nSPS) is 11.2. The zero-order valence-electron chi connectivity index (χ0n) is 12.7. The van der Waals surface area contributed by atoms with Crippen LogP contribution in [0, 0.1) is 20.8 Å². The number of amides is 1. The summed E-state index contributed by atoms with van der Waals surface area (Å²) < 4.78 is 27.7. The molecule has 116 valence electrons. The Kier molecular flexibility index (Phi) is 4.23. The van der Waals surface area contributed by atoms with Gasteiger partial charge in [0.2, 0.25) is 5.91 Å². The molecule has 0 aliphatic carbocycles. The molecule has 2 aromatic rings. The fourth-order valence-corrected chi connectivity index (χ4v) is 3.57. The molecule has 0 spiro atoms. The number of benzene rings is 2. The SMILES string of the molecule is Cc1ccc(NS(=O)(=O)c2cc(C(N)=O)ccc2C)c(C)c1. The molecule has 22 heavy (non-hydrogen) atoms. The third kappa shape index (κ3) is 3.28. The second kappa shape index (κ2) is 5.81. The lowest BCUT2D eigenvalue weighted by Crippen LogP contribution is -2.17. The molecule has 2 aromatic carbocycles. The summed E-state index contributed by atoms with van der Waals surface area (Å²) in [5, 5.41) is 0. The Balaban J connectivity index is 2.46. The van der Waals surface area contributed by atoms with Gasteiger partial charge in [-0.15, -0.1) is 0 Å². The van der Waals surface area contributed by atoms with Gasteiger partial charge in [0.05, 0.1) is 10.6 Å². The van der Waals surface area contributed by atoms with Gasteiger partial charge in [0.25, 0.3) is 10.0 Å². The molecule has 0 fully saturated rings. The van der Waals surface area contributed by atoms with Crippen molar-refractivity contribution in [1.82, 2.24) is 0 Å². The molecule has 0 unspecified atom stereocenters. The lowest BCUT2D eigenvalue weighted by Gasteiger charge is -2.13. The Morgan fingerprint density at radius 2 is 1.68 bits per heavy atom. The van der Waals surface area contributed by atoms with Crippen LogP contribution < -0.4 is 10.5 Å². The highest BCUT2D eigenvalue weighted by atomic mass is 32.2. The van der Waals surface area contributed by atoms with Crippen molar-refractivity contribution >= 4 is 21.6 Å². The van der Waals surface area contributed by atoms with Crippen LogP contribution in [0.5, 0.6) is 0 Å². The van der Waals surface area contributed by atoms with Crippen molar-refractivity contribution in [3.05, 3.63) is 58.7 Å². The van der Waals surface area contributed by atoms with E-state index in [0.29, 0.717) is 11.3 Å². The predicted octanol–water partition coefficient (Wildman–Crippen LogP) is 2.51. The van der Waals surface area contributed by atoms with Crippen molar-refractivity contribution < 1.29 is 13.2 Å². The average molecular weight is 318 g/mol. The summed E-state index contributed by atoms with van der Waals surface area (Å²) in [4.78, 5) is 11.3. The second-order valence-corrected chi connectivity index (χ2v) is 6.92. The maximum atomic E-state index is 12.6. The molecule has 6 heteroatoms. The fraction of sp³-hybridized carbons (Fsp3) is 0.188. The summed E-state index contributed by atoms with van der Waals surface area (Å²) in [7, 11) is -3.79. The third-order valence-electron chi connectivity index (χ3n) is 3.39. The van der Waals surface area contributed by atoms with E-state index in [4.69, 9.17) is 5.73 Å². The van der Waals surface area contributed by atoms with Gasteiger partial charge in [-0.3, -0.25) is 9.52 Å². The van der Waals surface area contributed by atoms with Crippen molar-refractivity contribution in [1.29, 1.82) is 0 Å². The van der Waals surface area contributed by atoms with Gasteiger partial charge >= 0.3 is 0 Å². The molecule has 0 bridgehead atoms. The molecule has 0 aliphatic rings. The number of aryl methyl sites for hydroxylation is 3. The summed E-state index contributed by atoms with van der Waals surface area (Å²) >= 11 is 0. The summed E-state index contributed by atoms with van der Waals surface area (Å²) in [5.41, 5.74) is 8.30. The molecule has 1 amide bonds. The van der Waals surface area contributed by atoms with Crippen molar-refractivity contribution in [3.63, 3.8) is 0 Å². The fourth-order valence-electron chi connectivity index (χ4n) is 2.17. The van der Waals surface area contributed by atoms with Crippen LogP contribution in [0.15, 0.2) is 41.3 Å².